The van der Waals surface area contributed by atoms with Crippen molar-refractivity contribution in [1.82, 2.24) is 0 Å². The molecule has 0 aliphatic rings. The van der Waals surface area contributed by atoms with Crippen LogP contribution in [-0.4, -0.2) is 17.8 Å². The van der Waals surface area contributed by atoms with E-state index in [1.54, 1.807) is 24.3 Å². The van der Waals surface area contributed by atoms with E-state index in [1.165, 1.54) is 0 Å². The average Bonchev–Trinajstić information content (AvgIpc) is 2.54. The lowest BCUT2D eigenvalue weighted by molar-refractivity contribution is -0.116. The monoisotopic (exact) mass is 389 g/mol. The van der Waals surface area contributed by atoms with Crippen molar-refractivity contribution in [2.24, 2.45) is 0 Å². The summed E-state index contributed by atoms with van der Waals surface area (Å²) in [4.78, 5) is 24.0. The number of anilines is 1. The SMILES string of the molecule is CC(C)Oc1ccc(NC(=O)CCC(=O)c2ccc(Br)cc2)cc1. The van der Waals surface area contributed by atoms with Crippen LogP contribution in [0.2, 0.25) is 0 Å². The molecular weight excluding hydrogens is 370 g/mol. The van der Waals surface area contributed by atoms with Gasteiger partial charge in [-0.15, -0.1) is 0 Å². The summed E-state index contributed by atoms with van der Waals surface area (Å²) in [6.07, 6.45) is 0.441. The molecule has 0 aromatic heterocycles. The van der Waals surface area contributed by atoms with Gasteiger partial charge >= 0.3 is 0 Å². The van der Waals surface area contributed by atoms with E-state index in [0.29, 0.717) is 11.3 Å². The third kappa shape index (κ3) is 5.81. The van der Waals surface area contributed by atoms with Crippen molar-refractivity contribution in [3.8, 4) is 5.75 Å². The summed E-state index contributed by atoms with van der Waals surface area (Å²) >= 11 is 3.33. The molecule has 2 aromatic carbocycles. The van der Waals surface area contributed by atoms with Gasteiger partial charge in [-0.3, -0.25) is 9.59 Å². The molecule has 0 atom stereocenters. The molecular formula is C19H20BrNO3. The van der Waals surface area contributed by atoms with Crippen LogP contribution in [0.5, 0.6) is 5.75 Å². The summed E-state index contributed by atoms with van der Waals surface area (Å²) in [6, 6.07) is 14.3. The van der Waals surface area contributed by atoms with E-state index in [2.05, 4.69) is 21.2 Å². The van der Waals surface area contributed by atoms with E-state index in [4.69, 9.17) is 4.74 Å². The molecule has 1 N–H and O–H groups in total. The molecule has 2 aromatic rings. The van der Waals surface area contributed by atoms with Gasteiger partial charge in [0, 0.05) is 28.6 Å². The Morgan fingerprint density at radius 2 is 1.62 bits per heavy atom. The summed E-state index contributed by atoms with van der Waals surface area (Å²) < 4.78 is 6.47. The van der Waals surface area contributed by atoms with Crippen molar-refractivity contribution >= 4 is 33.3 Å². The van der Waals surface area contributed by atoms with Crippen molar-refractivity contribution in [1.29, 1.82) is 0 Å². The molecule has 4 nitrogen and oxygen atoms in total. The minimum absolute atomic E-state index is 0.0432. The molecule has 5 heteroatoms. The fourth-order valence-corrected chi connectivity index (χ4v) is 2.38. The topological polar surface area (TPSA) is 55.4 Å². The van der Waals surface area contributed by atoms with Gasteiger partial charge in [0.1, 0.15) is 5.75 Å². The molecule has 0 heterocycles. The standard InChI is InChI=1S/C19H20BrNO3/c1-13(2)24-17-9-7-16(8-10-17)21-19(23)12-11-18(22)14-3-5-15(20)6-4-14/h3-10,13H,11-12H2,1-2H3,(H,21,23). The van der Waals surface area contributed by atoms with Crippen LogP contribution in [0, 0.1) is 0 Å². The highest BCUT2D eigenvalue weighted by Crippen LogP contribution is 2.17. The van der Waals surface area contributed by atoms with E-state index >= 15 is 0 Å². The van der Waals surface area contributed by atoms with Crippen LogP contribution < -0.4 is 10.1 Å². The number of carbonyl (C=O) groups is 2. The van der Waals surface area contributed by atoms with Crippen LogP contribution in [0.3, 0.4) is 0 Å². The lowest BCUT2D eigenvalue weighted by atomic mass is 10.1. The van der Waals surface area contributed by atoms with Crippen LogP contribution in [-0.2, 0) is 4.79 Å². The molecule has 0 unspecified atom stereocenters. The number of nitrogens with one attached hydrogen (secondary N) is 1. The predicted octanol–water partition coefficient (Wildman–Crippen LogP) is 4.84. The normalized spacial score (nSPS) is 10.5. The molecule has 0 aliphatic carbocycles. The summed E-state index contributed by atoms with van der Waals surface area (Å²) in [5.74, 6) is 0.532. The molecule has 0 saturated carbocycles. The van der Waals surface area contributed by atoms with E-state index in [0.717, 1.165) is 10.2 Å². The van der Waals surface area contributed by atoms with Gasteiger partial charge in [0.05, 0.1) is 6.10 Å². The van der Waals surface area contributed by atoms with E-state index < -0.39 is 0 Å². The van der Waals surface area contributed by atoms with Crippen molar-refractivity contribution in [2.45, 2.75) is 32.8 Å². The van der Waals surface area contributed by atoms with Gasteiger partial charge in [-0.25, -0.2) is 0 Å². The van der Waals surface area contributed by atoms with Crippen LogP contribution in [0.25, 0.3) is 0 Å². The number of benzene rings is 2. The first-order chi connectivity index (χ1) is 11.4. The smallest absolute Gasteiger partial charge is 0.224 e. The van der Waals surface area contributed by atoms with Gasteiger partial charge in [-0.2, -0.15) is 0 Å². The van der Waals surface area contributed by atoms with Crippen LogP contribution in [0.4, 0.5) is 5.69 Å². The van der Waals surface area contributed by atoms with Gasteiger partial charge in [-0.1, -0.05) is 28.1 Å². The highest BCUT2D eigenvalue weighted by molar-refractivity contribution is 9.10. The van der Waals surface area contributed by atoms with Gasteiger partial charge in [0.15, 0.2) is 5.78 Å². The number of amides is 1. The van der Waals surface area contributed by atoms with Gasteiger partial charge in [-0.05, 0) is 50.2 Å². The van der Waals surface area contributed by atoms with Crippen molar-refractivity contribution in [3.05, 3.63) is 58.6 Å². The molecule has 2 rings (SSSR count). The number of carbonyl (C=O) groups excluding carboxylic acids is 2. The fourth-order valence-electron chi connectivity index (χ4n) is 2.12. The maximum Gasteiger partial charge on any atom is 0.224 e. The minimum atomic E-state index is -0.182. The molecule has 0 radical (unpaired) electrons. The molecule has 126 valence electrons. The lowest BCUT2D eigenvalue weighted by Gasteiger charge is -2.10. The number of halogens is 1. The summed E-state index contributed by atoms with van der Waals surface area (Å²) in [5, 5.41) is 2.78. The molecule has 0 saturated heterocycles. The van der Waals surface area contributed by atoms with E-state index in [-0.39, 0.29) is 30.6 Å². The number of hydrogen-bond acceptors (Lipinski definition) is 3. The summed E-state index contributed by atoms with van der Waals surface area (Å²) in [6.45, 7) is 3.91. The number of Topliss-reactive ketones (excluding diaryl/α,β-unsaturated/α-hetero) is 1. The van der Waals surface area contributed by atoms with Crippen LogP contribution in [0.15, 0.2) is 53.0 Å². The minimum Gasteiger partial charge on any atom is -0.491 e. The first-order valence-corrected chi connectivity index (χ1v) is 8.58. The zero-order valence-electron chi connectivity index (χ0n) is 13.7. The van der Waals surface area contributed by atoms with Crippen molar-refractivity contribution < 1.29 is 14.3 Å². The Labute approximate surface area is 150 Å². The maximum atomic E-state index is 12.0. The number of hydrogen-bond donors (Lipinski definition) is 1. The zero-order valence-corrected chi connectivity index (χ0v) is 15.3. The Morgan fingerprint density at radius 1 is 1.00 bits per heavy atom. The van der Waals surface area contributed by atoms with Crippen molar-refractivity contribution in [2.75, 3.05) is 5.32 Å². The average molecular weight is 390 g/mol. The lowest BCUT2D eigenvalue weighted by Crippen LogP contribution is -2.13. The molecule has 0 spiro atoms. The Kier molecular flexibility index (Phi) is 6.55. The Bertz CT molecular complexity index is 694. The molecule has 0 aliphatic heterocycles. The second kappa shape index (κ2) is 8.64. The Morgan fingerprint density at radius 3 is 2.21 bits per heavy atom. The quantitative estimate of drug-likeness (QED) is 0.689. The van der Waals surface area contributed by atoms with Gasteiger partial charge < -0.3 is 10.1 Å². The van der Waals surface area contributed by atoms with Crippen LogP contribution >= 0.6 is 15.9 Å². The van der Waals surface area contributed by atoms with Crippen molar-refractivity contribution in [3.63, 3.8) is 0 Å². The molecule has 0 fully saturated rings. The summed E-state index contributed by atoms with van der Waals surface area (Å²) in [7, 11) is 0. The second-order valence-corrected chi connectivity index (χ2v) is 6.58. The van der Waals surface area contributed by atoms with Gasteiger partial charge in [0.2, 0.25) is 5.91 Å². The zero-order chi connectivity index (χ0) is 17.5. The first kappa shape index (κ1) is 18.2. The third-order valence-corrected chi connectivity index (χ3v) is 3.78. The van der Waals surface area contributed by atoms with E-state index in [1.807, 2.05) is 38.1 Å². The van der Waals surface area contributed by atoms with Crippen LogP contribution in [0.1, 0.15) is 37.0 Å². The summed E-state index contributed by atoms with van der Waals surface area (Å²) in [5.41, 5.74) is 1.30. The number of ether oxygens (including phenoxy) is 1. The predicted molar refractivity (Wildman–Crippen MR) is 98.5 cm³/mol. The Hall–Kier alpha value is -2.14. The maximum absolute atomic E-state index is 12.0. The fraction of sp³-hybridized carbons (Fsp3) is 0.263. The second-order valence-electron chi connectivity index (χ2n) is 5.67. The third-order valence-electron chi connectivity index (χ3n) is 3.26. The highest BCUT2D eigenvalue weighted by Gasteiger charge is 2.10. The largest absolute Gasteiger partial charge is 0.491 e. The number of rotatable bonds is 7. The highest BCUT2D eigenvalue weighted by atomic mass is 79.9. The number of ketones is 1. The first-order valence-electron chi connectivity index (χ1n) is 7.79. The molecule has 1 amide bonds. The molecule has 24 heavy (non-hydrogen) atoms. The Balaban J connectivity index is 1.82. The van der Waals surface area contributed by atoms with E-state index in [9.17, 15) is 9.59 Å². The van der Waals surface area contributed by atoms with Gasteiger partial charge in [0.25, 0.3) is 0 Å². The molecule has 0 bridgehead atoms.